The van der Waals surface area contributed by atoms with Crippen LogP contribution in [0.25, 0.3) is 0 Å². The highest BCUT2D eigenvalue weighted by molar-refractivity contribution is 6.64. The Balaban J connectivity index is 1.62. The molecule has 0 aromatic heterocycles. The van der Waals surface area contributed by atoms with Crippen LogP contribution in [0.3, 0.4) is 0 Å². The van der Waals surface area contributed by atoms with E-state index >= 15 is 0 Å². The van der Waals surface area contributed by atoms with Gasteiger partial charge in [-0.2, -0.15) is 0 Å². The predicted octanol–water partition coefficient (Wildman–Crippen LogP) is 2.57. The van der Waals surface area contributed by atoms with E-state index in [0.29, 0.717) is 13.0 Å². The fourth-order valence-electron chi connectivity index (χ4n) is 5.71. The molecule has 0 unspecified atom stereocenters. The first-order chi connectivity index (χ1) is 9.06. The lowest BCUT2D eigenvalue weighted by Crippen LogP contribution is -2.60. The second kappa shape index (κ2) is 3.97. The molecule has 5 fully saturated rings. The third-order valence-corrected chi connectivity index (χ3v) is 6.33. The summed E-state index contributed by atoms with van der Waals surface area (Å²) in [5.74, 6) is 2.38. The molecule has 1 saturated heterocycles. The van der Waals surface area contributed by atoms with Crippen LogP contribution >= 0.6 is 11.6 Å². The van der Waals surface area contributed by atoms with Crippen LogP contribution in [-0.4, -0.2) is 28.1 Å². The van der Waals surface area contributed by atoms with E-state index in [0.717, 1.165) is 17.8 Å². The average Bonchev–Trinajstić information content (AvgIpc) is 2.70. The van der Waals surface area contributed by atoms with E-state index in [1.54, 1.807) is 0 Å². The van der Waals surface area contributed by atoms with Gasteiger partial charge >= 0.3 is 0 Å². The van der Waals surface area contributed by atoms with E-state index in [-0.39, 0.29) is 22.6 Å². The second-order valence-corrected chi connectivity index (χ2v) is 7.72. The summed E-state index contributed by atoms with van der Waals surface area (Å²) in [4.78, 5) is 25.7. The van der Waals surface area contributed by atoms with E-state index < -0.39 is 0 Å². The second-order valence-electron chi connectivity index (χ2n) is 7.35. The van der Waals surface area contributed by atoms with Crippen LogP contribution < -0.4 is 0 Å². The van der Waals surface area contributed by atoms with E-state index in [9.17, 15) is 9.59 Å². The maximum Gasteiger partial charge on any atom is 0.227 e. The number of rotatable bonds is 2. The van der Waals surface area contributed by atoms with Gasteiger partial charge in [0.05, 0.1) is 5.92 Å². The molecule has 1 aliphatic heterocycles. The van der Waals surface area contributed by atoms with Crippen LogP contribution in [0.5, 0.6) is 0 Å². The molecule has 5 rings (SSSR count). The van der Waals surface area contributed by atoms with E-state index in [4.69, 9.17) is 11.6 Å². The Morgan fingerprint density at radius 1 is 1.11 bits per heavy atom. The zero-order valence-corrected chi connectivity index (χ0v) is 11.9. The largest absolute Gasteiger partial charge is 0.336 e. The van der Waals surface area contributed by atoms with Crippen molar-refractivity contribution < 1.29 is 9.59 Å². The molecule has 1 amide bonds. The van der Waals surface area contributed by atoms with Gasteiger partial charge in [0.2, 0.25) is 11.1 Å². The number of halogens is 1. The van der Waals surface area contributed by atoms with Crippen LogP contribution in [0.2, 0.25) is 0 Å². The minimum Gasteiger partial charge on any atom is -0.336 e. The SMILES string of the molecule is O=C(Cl)[C@H]1CC(=O)N(C23CC4CC(CC(C4)C2)C3)C1. The van der Waals surface area contributed by atoms with E-state index in [2.05, 4.69) is 4.90 Å². The van der Waals surface area contributed by atoms with Crippen molar-refractivity contribution in [3.8, 4) is 0 Å². The number of likely N-dealkylation sites (tertiary alicyclic amines) is 1. The molecule has 0 aromatic rings. The third kappa shape index (κ3) is 1.77. The van der Waals surface area contributed by atoms with Gasteiger partial charge in [0, 0.05) is 18.5 Å². The fourth-order valence-corrected chi connectivity index (χ4v) is 5.86. The molecule has 0 radical (unpaired) electrons. The van der Waals surface area contributed by atoms with Crippen LogP contribution in [0.4, 0.5) is 0 Å². The maximum absolute atomic E-state index is 12.3. The summed E-state index contributed by atoms with van der Waals surface area (Å²) in [6, 6.07) is 0. The first-order valence-electron chi connectivity index (χ1n) is 7.55. The van der Waals surface area contributed by atoms with Crippen molar-refractivity contribution in [1.29, 1.82) is 0 Å². The molecule has 0 N–H and O–H groups in total. The third-order valence-electron chi connectivity index (χ3n) is 6.02. The maximum atomic E-state index is 12.3. The first-order valence-corrected chi connectivity index (χ1v) is 7.93. The van der Waals surface area contributed by atoms with Gasteiger partial charge < -0.3 is 4.90 Å². The van der Waals surface area contributed by atoms with Gasteiger partial charge in [0.1, 0.15) is 0 Å². The number of hydrogen-bond acceptors (Lipinski definition) is 2. The fraction of sp³-hybridized carbons (Fsp3) is 0.867. The van der Waals surface area contributed by atoms with Crippen molar-refractivity contribution in [1.82, 2.24) is 4.90 Å². The molecular weight excluding hydrogens is 262 g/mol. The molecule has 1 heterocycles. The lowest BCUT2D eigenvalue weighted by molar-refractivity contribution is -0.145. The summed E-state index contributed by atoms with van der Waals surface area (Å²) in [7, 11) is 0. The number of nitrogens with zero attached hydrogens (tertiary/aromatic N) is 1. The molecule has 5 aliphatic rings. The Hall–Kier alpha value is -0.570. The van der Waals surface area contributed by atoms with Gasteiger partial charge in [-0.05, 0) is 67.9 Å². The highest BCUT2D eigenvalue weighted by atomic mass is 35.5. The van der Waals surface area contributed by atoms with Crippen LogP contribution in [0.1, 0.15) is 44.9 Å². The number of amides is 1. The van der Waals surface area contributed by atoms with Crippen molar-refractivity contribution in [3.05, 3.63) is 0 Å². The van der Waals surface area contributed by atoms with Crippen molar-refractivity contribution >= 4 is 22.8 Å². The van der Waals surface area contributed by atoms with Gasteiger partial charge in [-0.3, -0.25) is 9.59 Å². The zero-order valence-electron chi connectivity index (χ0n) is 11.1. The molecule has 4 aliphatic carbocycles. The standard InChI is InChI=1S/C15H20ClNO2/c16-14(19)12-4-13(18)17(8-12)15-5-9-1-10(6-15)3-11(2-9)7-15/h9-12H,1-8H2/t9?,10?,11?,12-,15?/m0/s1. The Morgan fingerprint density at radius 2 is 1.63 bits per heavy atom. The lowest BCUT2D eigenvalue weighted by atomic mass is 9.52. The van der Waals surface area contributed by atoms with Crippen molar-refractivity contribution in [2.24, 2.45) is 23.7 Å². The molecule has 104 valence electrons. The van der Waals surface area contributed by atoms with Gasteiger partial charge in [-0.25, -0.2) is 0 Å². The minimum absolute atomic E-state index is 0.0902. The molecule has 4 heteroatoms. The summed E-state index contributed by atoms with van der Waals surface area (Å²) in [6.45, 7) is 0.577. The Labute approximate surface area is 118 Å². The van der Waals surface area contributed by atoms with Crippen molar-refractivity contribution in [2.75, 3.05) is 6.54 Å². The Morgan fingerprint density at radius 3 is 2.05 bits per heavy atom. The molecule has 0 aromatic carbocycles. The first kappa shape index (κ1) is 12.2. The summed E-state index contributed by atoms with van der Waals surface area (Å²) < 4.78 is 0. The summed E-state index contributed by atoms with van der Waals surface area (Å²) >= 11 is 5.60. The van der Waals surface area contributed by atoms with Gasteiger partial charge in [-0.1, -0.05) is 0 Å². The van der Waals surface area contributed by atoms with Crippen molar-refractivity contribution in [3.63, 3.8) is 0 Å². The molecule has 0 spiro atoms. The Bertz CT molecular complexity index is 412. The average molecular weight is 282 g/mol. The van der Waals surface area contributed by atoms with Gasteiger partial charge in [-0.15, -0.1) is 0 Å². The van der Waals surface area contributed by atoms with Crippen molar-refractivity contribution in [2.45, 2.75) is 50.5 Å². The highest BCUT2D eigenvalue weighted by Crippen LogP contribution is 2.58. The van der Waals surface area contributed by atoms with Gasteiger partial charge in [0.25, 0.3) is 0 Å². The molecule has 1 atom stereocenters. The summed E-state index contributed by atoms with van der Waals surface area (Å²) in [6.07, 6.45) is 7.98. The number of hydrogen-bond donors (Lipinski definition) is 0. The summed E-state index contributed by atoms with van der Waals surface area (Å²) in [5, 5.41) is -0.333. The molecule has 3 nitrogen and oxygen atoms in total. The quantitative estimate of drug-likeness (QED) is 0.730. The van der Waals surface area contributed by atoms with Crippen LogP contribution in [-0.2, 0) is 9.59 Å². The number of carbonyl (C=O) groups is 2. The molecule has 19 heavy (non-hydrogen) atoms. The monoisotopic (exact) mass is 281 g/mol. The van der Waals surface area contributed by atoms with E-state index in [1.165, 1.54) is 38.5 Å². The van der Waals surface area contributed by atoms with Crippen LogP contribution in [0, 0.1) is 23.7 Å². The molecule has 4 saturated carbocycles. The molecule has 4 bridgehead atoms. The van der Waals surface area contributed by atoms with Gasteiger partial charge in [0.15, 0.2) is 0 Å². The highest BCUT2D eigenvalue weighted by Gasteiger charge is 2.56. The topological polar surface area (TPSA) is 37.4 Å². The molecular formula is C15H20ClNO2. The zero-order chi connectivity index (χ0) is 13.2. The Kier molecular flexibility index (Phi) is 2.55. The van der Waals surface area contributed by atoms with E-state index in [1.807, 2.05) is 0 Å². The van der Waals surface area contributed by atoms with Crippen LogP contribution in [0.15, 0.2) is 0 Å². The normalized spacial score (nSPS) is 48.1. The minimum atomic E-state index is -0.333. The lowest BCUT2D eigenvalue weighted by Gasteiger charge is -2.59. The number of carbonyl (C=O) groups excluding carboxylic acids is 2. The summed E-state index contributed by atoms with van der Waals surface area (Å²) in [5.41, 5.74) is 0.0902. The smallest absolute Gasteiger partial charge is 0.227 e. The predicted molar refractivity (Wildman–Crippen MR) is 71.6 cm³/mol.